The molecular weight excluding hydrogens is 200 g/mol. The van der Waals surface area contributed by atoms with E-state index in [1.54, 1.807) is 13.0 Å². The molecule has 0 spiro atoms. The fraction of sp³-hybridized carbons (Fsp3) is 0.400. The topological polar surface area (TPSA) is 83.8 Å². The second kappa shape index (κ2) is 8.96. The number of carbonyl (C=O) groups is 2. The fourth-order valence-corrected chi connectivity index (χ4v) is 0.462. The number of hydrogen-bond donors (Lipinski definition) is 2. The summed E-state index contributed by atoms with van der Waals surface area (Å²) in [5.74, 6) is -1.62. The summed E-state index contributed by atoms with van der Waals surface area (Å²) >= 11 is 0. The van der Waals surface area contributed by atoms with Gasteiger partial charge in [0.05, 0.1) is 0 Å². The zero-order chi connectivity index (χ0) is 12.4. The average Bonchev–Trinajstić information content (AvgIpc) is 2.17. The Morgan fingerprint density at radius 2 is 1.80 bits per heavy atom. The van der Waals surface area contributed by atoms with Crippen molar-refractivity contribution in [1.29, 1.82) is 0 Å². The Hall–Kier alpha value is -1.62. The number of carboxylic acid groups (broad SMARTS) is 1. The van der Waals surface area contributed by atoms with Crippen LogP contribution in [0.2, 0.25) is 0 Å². The number of carboxylic acids is 1. The van der Waals surface area contributed by atoms with Gasteiger partial charge < -0.3 is 5.11 Å². The van der Waals surface area contributed by atoms with Crippen molar-refractivity contribution < 1.29 is 24.8 Å². The van der Waals surface area contributed by atoms with Crippen molar-refractivity contribution in [2.45, 2.75) is 27.2 Å². The Balaban J connectivity index is 0. The minimum Gasteiger partial charge on any atom is -0.478 e. The molecule has 0 aromatic carbocycles. The van der Waals surface area contributed by atoms with Gasteiger partial charge in [-0.05, 0) is 20.3 Å². The van der Waals surface area contributed by atoms with Crippen LogP contribution in [0.15, 0.2) is 23.8 Å². The molecule has 0 unspecified atom stereocenters. The number of carbonyl (C=O) groups excluding carboxylic acids is 1. The first-order valence-corrected chi connectivity index (χ1v) is 4.28. The predicted molar refractivity (Wildman–Crippen MR) is 55.2 cm³/mol. The van der Waals surface area contributed by atoms with Crippen LogP contribution in [0.1, 0.15) is 27.2 Å². The third kappa shape index (κ3) is 10.3. The molecule has 0 amide bonds. The zero-order valence-electron chi connectivity index (χ0n) is 9.11. The highest BCUT2D eigenvalue weighted by Gasteiger charge is 2.01. The molecule has 86 valence electrons. The van der Waals surface area contributed by atoms with Crippen molar-refractivity contribution in [3.63, 3.8) is 0 Å². The molecule has 0 atom stereocenters. The molecule has 0 aliphatic heterocycles. The Kier molecular flexibility index (Phi) is 9.45. The second-order valence-electron chi connectivity index (χ2n) is 2.76. The van der Waals surface area contributed by atoms with Gasteiger partial charge in [0.15, 0.2) is 0 Å². The molecule has 2 N–H and O–H groups in total. The van der Waals surface area contributed by atoms with E-state index in [9.17, 15) is 9.59 Å². The first-order valence-electron chi connectivity index (χ1n) is 4.28. The Morgan fingerprint density at radius 1 is 1.40 bits per heavy atom. The highest BCUT2D eigenvalue weighted by molar-refractivity contribution is 5.87. The Morgan fingerprint density at radius 3 is 2.00 bits per heavy atom. The van der Waals surface area contributed by atoms with Gasteiger partial charge in [0.25, 0.3) is 0 Å². The van der Waals surface area contributed by atoms with E-state index in [0.29, 0.717) is 5.57 Å². The van der Waals surface area contributed by atoms with E-state index in [2.05, 4.69) is 11.5 Å². The normalized spacial score (nSPS) is 9.73. The molecule has 0 aromatic heterocycles. The molecule has 0 aliphatic rings. The molecule has 0 fully saturated rings. The minimum atomic E-state index is -0.935. The first-order chi connectivity index (χ1) is 6.86. The van der Waals surface area contributed by atoms with E-state index in [0.717, 1.165) is 6.42 Å². The first kappa shape index (κ1) is 15.8. The highest BCUT2D eigenvalue weighted by atomic mass is 17.1. The summed E-state index contributed by atoms with van der Waals surface area (Å²) < 4.78 is 0. The molecular formula is C10H16O5. The number of allylic oxidation sites excluding steroid dienone is 1. The van der Waals surface area contributed by atoms with Crippen LogP contribution in [0.25, 0.3) is 0 Å². The summed E-state index contributed by atoms with van der Waals surface area (Å²) in [6.07, 6.45) is 2.44. The van der Waals surface area contributed by atoms with Crippen molar-refractivity contribution in [2.75, 3.05) is 0 Å². The standard InChI is InChI=1S/C6H10O3.C4H6O2/c1-3-4-5(2)6(7)9-8;1-3(2)4(5)6/h4,8H,3H2,1-2H3;1H2,2H3,(H,5,6). The molecule has 0 rings (SSSR count). The largest absolute Gasteiger partial charge is 0.478 e. The molecule has 0 bridgehead atoms. The molecule has 0 aliphatic carbocycles. The van der Waals surface area contributed by atoms with E-state index in [1.165, 1.54) is 6.92 Å². The Labute approximate surface area is 88.6 Å². The maximum absolute atomic E-state index is 10.4. The van der Waals surface area contributed by atoms with Crippen LogP contribution in [0.5, 0.6) is 0 Å². The predicted octanol–water partition coefficient (Wildman–Crippen LogP) is 2.01. The molecule has 15 heavy (non-hydrogen) atoms. The highest BCUT2D eigenvalue weighted by Crippen LogP contribution is 1.95. The van der Waals surface area contributed by atoms with E-state index in [-0.39, 0.29) is 5.57 Å². The summed E-state index contributed by atoms with van der Waals surface area (Å²) in [4.78, 5) is 23.4. The van der Waals surface area contributed by atoms with Gasteiger partial charge in [0.1, 0.15) is 0 Å². The van der Waals surface area contributed by atoms with Crippen LogP contribution in [-0.4, -0.2) is 22.3 Å². The van der Waals surface area contributed by atoms with Gasteiger partial charge in [0.2, 0.25) is 0 Å². The molecule has 0 saturated heterocycles. The van der Waals surface area contributed by atoms with Gasteiger partial charge in [0, 0.05) is 11.1 Å². The lowest BCUT2D eigenvalue weighted by atomic mass is 10.2. The van der Waals surface area contributed by atoms with Crippen LogP contribution in [0.3, 0.4) is 0 Å². The SMILES string of the molecule is C=C(C)C(=O)O.CCC=C(C)C(=O)OO. The van der Waals surface area contributed by atoms with Gasteiger partial charge in [-0.1, -0.05) is 19.6 Å². The van der Waals surface area contributed by atoms with Crippen LogP contribution in [0.4, 0.5) is 0 Å². The average molecular weight is 216 g/mol. The number of hydrogen-bond acceptors (Lipinski definition) is 4. The lowest BCUT2D eigenvalue weighted by molar-refractivity contribution is -0.229. The van der Waals surface area contributed by atoms with Gasteiger partial charge >= 0.3 is 11.9 Å². The molecule has 0 saturated carbocycles. The quantitative estimate of drug-likeness (QED) is 0.428. The van der Waals surface area contributed by atoms with Gasteiger partial charge in [-0.25, -0.2) is 9.59 Å². The molecule has 5 nitrogen and oxygen atoms in total. The van der Waals surface area contributed by atoms with Crippen molar-refractivity contribution in [3.8, 4) is 0 Å². The molecule has 0 heterocycles. The molecule has 5 heteroatoms. The van der Waals surface area contributed by atoms with Crippen LogP contribution in [0, 0.1) is 0 Å². The summed E-state index contributed by atoms with van der Waals surface area (Å²) in [6, 6.07) is 0. The monoisotopic (exact) mass is 216 g/mol. The van der Waals surface area contributed by atoms with E-state index in [1.807, 2.05) is 6.92 Å². The van der Waals surface area contributed by atoms with Crippen LogP contribution < -0.4 is 0 Å². The maximum Gasteiger partial charge on any atom is 0.368 e. The lowest BCUT2D eigenvalue weighted by Gasteiger charge is -1.92. The second-order valence-corrected chi connectivity index (χ2v) is 2.76. The molecule has 0 radical (unpaired) electrons. The third-order valence-electron chi connectivity index (χ3n) is 1.28. The van der Waals surface area contributed by atoms with Crippen LogP contribution >= 0.6 is 0 Å². The third-order valence-corrected chi connectivity index (χ3v) is 1.28. The zero-order valence-corrected chi connectivity index (χ0v) is 9.11. The summed E-state index contributed by atoms with van der Waals surface area (Å²) in [5.41, 5.74) is 0.606. The van der Waals surface area contributed by atoms with E-state index < -0.39 is 11.9 Å². The van der Waals surface area contributed by atoms with E-state index in [4.69, 9.17) is 10.4 Å². The van der Waals surface area contributed by atoms with Crippen LogP contribution in [-0.2, 0) is 14.5 Å². The summed E-state index contributed by atoms with van der Waals surface area (Å²) in [7, 11) is 0. The van der Waals surface area contributed by atoms with Crippen molar-refractivity contribution in [1.82, 2.24) is 0 Å². The number of rotatable bonds is 3. The van der Waals surface area contributed by atoms with Crippen molar-refractivity contribution in [3.05, 3.63) is 23.8 Å². The van der Waals surface area contributed by atoms with Crippen molar-refractivity contribution in [2.24, 2.45) is 0 Å². The number of aliphatic carboxylic acids is 1. The lowest BCUT2D eigenvalue weighted by Crippen LogP contribution is -2.01. The molecule has 0 aromatic rings. The maximum atomic E-state index is 10.4. The fourth-order valence-electron chi connectivity index (χ4n) is 0.462. The van der Waals surface area contributed by atoms with E-state index >= 15 is 0 Å². The summed E-state index contributed by atoms with van der Waals surface area (Å²) in [5, 5.41) is 15.7. The smallest absolute Gasteiger partial charge is 0.368 e. The Bertz CT molecular complexity index is 253. The van der Waals surface area contributed by atoms with Crippen molar-refractivity contribution >= 4 is 11.9 Å². The van der Waals surface area contributed by atoms with Gasteiger partial charge in [-0.3, -0.25) is 4.89 Å². The van der Waals surface area contributed by atoms with Gasteiger partial charge in [-0.2, -0.15) is 5.26 Å². The van der Waals surface area contributed by atoms with Gasteiger partial charge in [-0.15, -0.1) is 0 Å². The minimum absolute atomic E-state index is 0.176. The summed E-state index contributed by atoms with van der Waals surface area (Å²) in [6.45, 7) is 8.08.